The summed E-state index contributed by atoms with van der Waals surface area (Å²) < 4.78 is 0. The van der Waals surface area contributed by atoms with Gasteiger partial charge in [-0.25, -0.2) is 0 Å². The van der Waals surface area contributed by atoms with E-state index in [1.165, 1.54) is 0 Å². The minimum Gasteiger partial charge on any atom is -0.854 e. The van der Waals surface area contributed by atoms with Gasteiger partial charge in [0.15, 0.2) is 0 Å². The van der Waals surface area contributed by atoms with Crippen LogP contribution >= 0.6 is 0 Å². The largest absolute Gasteiger partial charge is 2.00 e. The van der Waals surface area contributed by atoms with Crippen molar-refractivity contribution in [2.75, 3.05) is 109 Å². The predicted molar refractivity (Wildman–Crippen MR) is 140 cm³/mol. The van der Waals surface area contributed by atoms with Crippen molar-refractivity contribution in [1.29, 1.82) is 0 Å². The summed E-state index contributed by atoms with van der Waals surface area (Å²) in [7, 11) is 15.1. The first kappa shape index (κ1) is 91.1. The fraction of sp³-hybridized carbons (Fsp3) is 1.00. The Morgan fingerprint density at radius 3 is 0.468 bits per heavy atom. The van der Waals surface area contributed by atoms with Gasteiger partial charge in [-0.05, 0) is 82.6 Å². The maximum absolute atomic E-state index is 9.70. The van der Waals surface area contributed by atoms with E-state index in [-0.39, 0.29) is 124 Å². The molecule has 0 amide bonds. The van der Waals surface area contributed by atoms with E-state index in [4.69, 9.17) is 71.8 Å². The summed E-state index contributed by atoms with van der Waals surface area (Å²) in [5.74, 6) is 0. The second-order valence-corrected chi connectivity index (χ2v) is 6.92. The molecule has 0 saturated carbocycles. The van der Waals surface area contributed by atoms with Crippen LogP contribution in [0.15, 0.2) is 0 Å². The third-order valence-corrected chi connectivity index (χ3v) is 2.15. The molecule has 0 bridgehead atoms. The molecule has 2 N–H and O–H groups in total. The summed E-state index contributed by atoms with van der Waals surface area (Å²) >= 11 is 0. The van der Waals surface area contributed by atoms with Crippen molar-refractivity contribution in [2.45, 2.75) is 0 Å². The zero-order valence-electron chi connectivity index (χ0n) is 26.9. The van der Waals surface area contributed by atoms with Crippen LogP contribution < -0.4 is 50.0 Å². The molecule has 31 heteroatoms. The normalized spacial score (nSPS) is 7.28. The van der Waals surface area contributed by atoms with Crippen molar-refractivity contribution in [2.24, 2.45) is 0 Å². The number of hydrogen-bond acceptors (Lipinski definition) is 22. The molecule has 26 nitrogen and oxygen atoms in total. The van der Waals surface area contributed by atoms with Gasteiger partial charge < -0.3 is 101 Å². The molecule has 47 heavy (non-hydrogen) atoms. The first-order valence-corrected chi connectivity index (χ1v) is 10.4. The van der Waals surface area contributed by atoms with Gasteiger partial charge in [0.25, 0.3) is 0 Å². The molecule has 0 aliphatic carbocycles. The smallest absolute Gasteiger partial charge is 0.854 e. The molecule has 0 aliphatic heterocycles. The van der Waals surface area contributed by atoms with Crippen LogP contribution in [0.4, 0.5) is 0 Å². The van der Waals surface area contributed by atoms with E-state index in [1.807, 2.05) is 76.0 Å². The Balaban J connectivity index is -0.0000000217. The zero-order valence-corrected chi connectivity index (χ0v) is 32.6. The van der Waals surface area contributed by atoms with Crippen molar-refractivity contribution >= 4 is 0 Å². The van der Waals surface area contributed by atoms with Crippen molar-refractivity contribution < 1.29 is 149 Å². The molecular formula is C16H42Cu4N8NaO18. The van der Waals surface area contributed by atoms with Gasteiger partial charge in [-0.15, -0.1) is 26.4 Å². The molecule has 0 atom stereocenters. The Kier molecular flexibility index (Phi) is 176. The van der Waals surface area contributed by atoms with Gasteiger partial charge in [0, 0.05) is 0 Å². The third-order valence-electron chi connectivity index (χ3n) is 2.15. The summed E-state index contributed by atoms with van der Waals surface area (Å²) in [5, 5.41) is 110. The van der Waals surface area contributed by atoms with Crippen LogP contribution in [0, 0.1) is 61.3 Å². The van der Waals surface area contributed by atoms with Crippen LogP contribution in [-0.2, 0) is 68.3 Å². The van der Waals surface area contributed by atoms with Crippen molar-refractivity contribution in [1.82, 2.24) is 19.6 Å². The van der Waals surface area contributed by atoms with Crippen LogP contribution in [0.5, 0.6) is 0 Å². The third kappa shape index (κ3) is 653. The van der Waals surface area contributed by atoms with E-state index in [0.29, 0.717) is 26.2 Å². The van der Waals surface area contributed by atoms with Crippen molar-refractivity contribution in [3.05, 3.63) is 61.3 Å². The zero-order chi connectivity index (χ0) is 36.3. The van der Waals surface area contributed by atoms with E-state index >= 15 is 0 Å². The summed E-state index contributed by atoms with van der Waals surface area (Å²) in [6.45, 7) is 2.64. The molecule has 0 rings (SSSR count). The Hall–Kier alpha value is -0.522. The maximum atomic E-state index is 9.70. The van der Waals surface area contributed by atoms with Gasteiger partial charge in [0.1, 0.15) is 0 Å². The molecule has 0 aromatic heterocycles. The number of likely N-dealkylation sites (N-methyl/N-ethyl adjacent to an activating group) is 4. The first-order chi connectivity index (χ1) is 19.0. The molecular weight excluding hydrogens is 869 g/mol. The Bertz CT molecular complexity index is 442. The minimum absolute atomic E-state index is 0. The Morgan fingerprint density at radius 2 is 0.468 bits per heavy atom. The van der Waals surface area contributed by atoms with Gasteiger partial charge in [-0.2, -0.15) is 0 Å². The standard InChI is InChI=1S/4C4H10NO.4Cu.4NO3.Na.H2O2/c4*1-5(2)3-4-6;;;;;4*2-1(3)4;;1-2/h4*3-4H2,1-2H3;;;;;;;;;;1-2H/q4*-1;+1;3*+2;4*-1;+1;. The average Bonchev–Trinajstić information content (AvgIpc) is 2.74. The van der Waals surface area contributed by atoms with Crippen molar-refractivity contribution in [3.8, 4) is 0 Å². The summed E-state index contributed by atoms with van der Waals surface area (Å²) in [5.41, 5.74) is 0. The molecule has 0 fully saturated rings. The molecule has 0 heterocycles. The van der Waals surface area contributed by atoms with Gasteiger partial charge in [-0.3, -0.25) is 10.5 Å². The maximum Gasteiger partial charge on any atom is 2.00 e. The summed E-state index contributed by atoms with van der Waals surface area (Å²) in [6, 6.07) is 0. The number of nitrogens with zero attached hydrogens (tertiary/aromatic N) is 8. The van der Waals surface area contributed by atoms with E-state index in [9.17, 15) is 20.4 Å². The van der Waals surface area contributed by atoms with E-state index < -0.39 is 20.3 Å². The van der Waals surface area contributed by atoms with Crippen LogP contribution in [0.2, 0.25) is 0 Å². The van der Waals surface area contributed by atoms with Gasteiger partial charge in [0.2, 0.25) is 0 Å². The van der Waals surface area contributed by atoms with Gasteiger partial charge in [0.05, 0.1) is 20.3 Å². The molecule has 0 spiro atoms. The topological polar surface area (TPSA) is 410 Å². The minimum atomic E-state index is -1.75. The molecule has 299 valence electrons. The number of hydrogen-bond donors (Lipinski definition) is 2. The molecule has 0 aromatic carbocycles. The van der Waals surface area contributed by atoms with Gasteiger partial charge in [-0.1, -0.05) is 0 Å². The molecule has 0 unspecified atom stereocenters. The molecule has 0 aliphatic rings. The average molecular weight is 912 g/mol. The van der Waals surface area contributed by atoms with Crippen LogP contribution in [0.3, 0.4) is 0 Å². The van der Waals surface area contributed by atoms with E-state index in [1.54, 1.807) is 0 Å². The van der Waals surface area contributed by atoms with Crippen LogP contribution in [0.25, 0.3) is 0 Å². The summed E-state index contributed by atoms with van der Waals surface area (Å²) in [6.07, 6.45) is 0. The Morgan fingerprint density at radius 1 is 0.404 bits per heavy atom. The van der Waals surface area contributed by atoms with Crippen LogP contribution in [-0.4, -0.2) is 159 Å². The number of rotatable bonds is 8. The quantitative estimate of drug-likeness (QED) is 0.0988. The van der Waals surface area contributed by atoms with E-state index in [0.717, 1.165) is 0 Å². The van der Waals surface area contributed by atoms with Crippen molar-refractivity contribution in [3.63, 3.8) is 0 Å². The van der Waals surface area contributed by atoms with Gasteiger partial charge >= 0.3 is 97.8 Å². The second-order valence-electron chi connectivity index (χ2n) is 6.92. The first-order valence-electron chi connectivity index (χ1n) is 10.4. The molecule has 0 saturated heterocycles. The molecule has 0 aromatic rings. The Labute approximate surface area is 336 Å². The second kappa shape index (κ2) is 90.8. The monoisotopic (exact) mass is 909 g/mol. The fourth-order valence-corrected chi connectivity index (χ4v) is 0.730. The molecule has 3 radical (unpaired) electrons. The SMILES string of the molecule is CN(C)CC[O-].CN(C)CC[O-].CN(C)CC[O-].CN(C)CC[O-].O=[N+]([O-])[O-].O=[N+]([O-])[O-].O=[N+]([O-])[O-].O=[N+]([O-])[O-].OO.[Cu+2].[Cu+2].[Cu+2].[Cu+].[Na+]. The summed E-state index contributed by atoms with van der Waals surface area (Å²) in [4.78, 5) is 40.5. The fourth-order valence-electron chi connectivity index (χ4n) is 0.730. The predicted octanol–water partition coefficient (Wildman–Crippen LogP) is -8.31. The van der Waals surface area contributed by atoms with E-state index in [2.05, 4.69) is 0 Å². The van der Waals surface area contributed by atoms with Crippen LogP contribution in [0.1, 0.15) is 0 Å².